The van der Waals surface area contributed by atoms with Crippen LogP contribution in [0, 0.1) is 0 Å². The Morgan fingerprint density at radius 1 is 1.38 bits per heavy atom. The number of halogens is 2. The Balaban J connectivity index is 3.26. The maximum Gasteiger partial charge on any atom is 0.340 e. The smallest absolute Gasteiger partial charge is 0.340 e. The molecule has 0 aliphatic carbocycles. The Morgan fingerprint density at radius 3 is 2.50 bits per heavy atom. The lowest BCUT2D eigenvalue weighted by atomic mass is 10.1. The molecule has 0 heterocycles. The molecule has 0 atom stereocenters. The Hall–Kier alpha value is -0.550. The van der Waals surface area contributed by atoms with Crippen molar-refractivity contribution in [2.75, 3.05) is 12.4 Å². The fourth-order valence-electron chi connectivity index (χ4n) is 1.28. The lowest BCUT2D eigenvalue weighted by Crippen LogP contribution is -2.15. The second-order valence-corrected chi connectivity index (χ2v) is 5.37. The van der Waals surface area contributed by atoms with Crippen molar-refractivity contribution in [2.45, 2.75) is 19.9 Å². The molecule has 1 rings (SSSR count). The maximum absolute atomic E-state index is 11.6. The first-order valence-corrected chi connectivity index (χ1v) is 6.38. The molecule has 0 fully saturated rings. The molecule has 0 bridgehead atoms. The Labute approximate surface area is 112 Å². The van der Waals surface area contributed by atoms with Crippen molar-refractivity contribution in [1.82, 2.24) is 0 Å². The number of nitrogens with one attached hydrogen (secondary N) is 1. The number of esters is 1. The van der Waals surface area contributed by atoms with Crippen LogP contribution in [0.2, 0.25) is 0 Å². The van der Waals surface area contributed by atoms with E-state index in [1.54, 1.807) is 6.07 Å². The van der Waals surface area contributed by atoms with Crippen LogP contribution in [0.4, 0.5) is 5.69 Å². The molecule has 3 nitrogen and oxygen atoms in total. The first-order chi connectivity index (χ1) is 7.45. The number of hydrogen-bond acceptors (Lipinski definition) is 3. The van der Waals surface area contributed by atoms with Crippen LogP contribution in [0.1, 0.15) is 24.2 Å². The van der Waals surface area contributed by atoms with E-state index in [0.29, 0.717) is 5.56 Å². The van der Waals surface area contributed by atoms with Gasteiger partial charge in [-0.1, -0.05) is 15.9 Å². The minimum Gasteiger partial charge on any atom is -0.465 e. The summed E-state index contributed by atoms with van der Waals surface area (Å²) >= 11 is 6.77. The highest BCUT2D eigenvalue weighted by Crippen LogP contribution is 2.31. The Morgan fingerprint density at radius 2 is 2.00 bits per heavy atom. The molecule has 0 unspecified atom stereocenters. The van der Waals surface area contributed by atoms with E-state index in [2.05, 4.69) is 37.2 Å². The van der Waals surface area contributed by atoms with Gasteiger partial charge in [0.05, 0.1) is 18.4 Å². The summed E-state index contributed by atoms with van der Waals surface area (Å²) in [4.78, 5) is 11.6. The van der Waals surface area contributed by atoms with E-state index in [9.17, 15) is 4.79 Å². The molecule has 1 N–H and O–H groups in total. The van der Waals surface area contributed by atoms with Gasteiger partial charge in [-0.3, -0.25) is 0 Å². The summed E-state index contributed by atoms with van der Waals surface area (Å²) in [6, 6.07) is 3.86. The average Bonchev–Trinajstić information content (AvgIpc) is 2.20. The number of hydrogen-bond donors (Lipinski definition) is 1. The van der Waals surface area contributed by atoms with Gasteiger partial charge >= 0.3 is 5.97 Å². The summed E-state index contributed by atoms with van der Waals surface area (Å²) < 4.78 is 6.41. The fourth-order valence-corrected chi connectivity index (χ4v) is 2.62. The first-order valence-electron chi connectivity index (χ1n) is 4.79. The highest BCUT2D eigenvalue weighted by atomic mass is 79.9. The van der Waals surface area contributed by atoms with Crippen LogP contribution >= 0.6 is 31.9 Å². The van der Waals surface area contributed by atoms with E-state index in [1.807, 2.05) is 19.9 Å². The monoisotopic (exact) mass is 349 g/mol. The van der Waals surface area contributed by atoms with Gasteiger partial charge in [0, 0.05) is 15.0 Å². The van der Waals surface area contributed by atoms with E-state index < -0.39 is 0 Å². The zero-order valence-corrected chi connectivity index (χ0v) is 12.5. The van der Waals surface area contributed by atoms with Crippen molar-refractivity contribution in [2.24, 2.45) is 0 Å². The molecule has 0 saturated carbocycles. The van der Waals surface area contributed by atoms with Crippen LogP contribution < -0.4 is 5.32 Å². The summed E-state index contributed by atoms with van der Waals surface area (Å²) in [7, 11) is 1.37. The van der Waals surface area contributed by atoms with Gasteiger partial charge in [-0.15, -0.1) is 0 Å². The quantitative estimate of drug-likeness (QED) is 0.842. The summed E-state index contributed by atoms with van der Waals surface area (Å²) in [5.41, 5.74) is 1.27. The third-order valence-corrected chi connectivity index (χ3v) is 2.98. The summed E-state index contributed by atoms with van der Waals surface area (Å²) in [5, 5.41) is 3.22. The molecule has 1 aromatic rings. The predicted octanol–water partition coefficient (Wildman–Crippen LogP) is 3.82. The second-order valence-electron chi connectivity index (χ2n) is 3.60. The molecule has 88 valence electrons. The van der Waals surface area contributed by atoms with Gasteiger partial charge < -0.3 is 10.1 Å². The van der Waals surface area contributed by atoms with Gasteiger partial charge in [0.1, 0.15) is 0 Å². The maximum atomic E-state index is 11.6. The van der Waals surface area contributed by atoms with E-state index in [-0.39, 0.29) is 12.0 Å². The van der Waals surface area contributed by atoms with E-state index in [1.165, 1.54) is 7.11 Å². The topological polar surface area (TPSA) is 38.3 Å². The molecule has 1 aromatic carbocycles. The van der Waals surface area contributed by atoms with Gasteiger partial charge in [-0.25, -0.2) is 4.79 Å². The third-order valence-electron chi connectivity index (χ3n) is 1.89. The van der Waals surface area contributed by atoms with Crippen molar-refractivity contribution in [3.63, 3.8) is 0 Å². The molecule has 5 heteroatoms. The highest BCUT2D eigenvalue weighted by Gasteiger charge is 2.16. The zero-order chi connectivity index (χ0) is 12.3. The number of rotatable bonds is 3. The fraction of sp³-hybridized carbons (Fsp3) is 0.364. The minimum absolute atomic E-state index is 0.237. The summed E-state index contributed by atoms with van der Waals surface area (Å²) in [5.74, 6) is -0.356. The van der Waals surface area contributed by atoms with Crippen molar-refractivity contribution in [3.8, 4) is 0 Å². The van der Waals surface area contributed by atoms with E-state index >= 15 is 0 Å². The molecule has 0 radical (unpaired) electrons. The van der Waals surface area contributed by atoms with Crippen molar-refractivity contribution in [3.05, 3.63) is 26.6 Å². The van der Waals surface area contributed by atoms with Crippen LogP contribution in [0.5, 0.6) is 0 Å². The Bertz CT molecular complexity index is 405. The molecule has 0 aromatic heterocycles. The van der Waals surface area contributed by atoms with Crippen LogP contribution in [-0.2, 0) is 4.74 Å². The van der Waals surface area contributed by atoms with Gasteiger partial charge in [0.15, 0.2) is 0 Å². The number of carbonyl (C=O) groups excluding carboxylic acids is 1. The average molecular weight is 351 g/mol. The molecular weight excluding hydrogens is 338 g/mol. The van der Waals surface area contributed by atoms with Crippen LogP contribution in [0.15, 0.2) is 21.1 Å². The van der Waals surface area contributed by atoms with Gasteiger partial charge in [-0.05, 0) is 41.9 Å². The van der Waals surface area contributed by atoms with Gasteiger partial charge in [-0.2, -0.15) is 0 Å². The molecule has 0 spiro atoms. The standard InChI is InChI=1S/C11H13Br2NO2/c1-6(2)14-10-8(11(15)16-3)4-7(12)5-9(10)13/h4-6,14H,1-3H3. The number of carbonyl (C=O) groups is 1. The van der Waals surface area contributed by atoms with E-state index in [4.69, 9.17) is 4.74 Å². The predicted molar refractivity (Wildman–Crippen MR) is 71.9 cm³/mol. The minimum atomic E-state index is -0.356. The zero-order valence-electron chi connectivity index (χ0n) is 9.30. The normalized spacial score (nSPS) is 10.4. The molecule has 0 aliphatic rings. The third kappa shape index (κ3) is 3.22. The molecule has 16 heavy (non-hydrogen) atoms. The van der Waals surface area contributed by atoms with Crippen LogP contribution in [0.25, 0.3) is 0 Å². The van der Waals surface area contributed by atoms with Gasteiger partial charge in [0.2, 0.25) is 0 Å². The lowest BCUT2D eigenvalue weighted by Gasteiger charge is -2.16. The van der Waals surface area contributed by atoms with E-state index in [0.717, 1.165) is 14.6 Å². The van der Waals surface area contributed by atoms with Crippen LogP contribution in [0.3, 0.4) is 0 Å². The molecule has 0 amide bonds. The summed E-state index contributed by atoms with van der Waals surface area (Å²) in [6.45, 7) is 4.02. The van der Waals surface area contributed by atoms with Crippen molar-refractivity contribution < 1.29 is 9.53 Å². The number of methoxy groups -OCH3 is 1. The number of benzene rings is 1. The summed E-state index contributed by atoms with van der Waals surface area (Å²) in [6.07, 6.45) is 0. The SMILES string of the molecule is COC(=O)c1cc(Br)cc(Br)c1NC(C)C. The van der Waals surface area contributed by atoms with Crippen molar-refractivity contribution in [1.29, 1.82) is 0 Å². The Kier molecular flexibility index (Phi) is 4.80. The highest BCUT2D eigenvalue weighted by molar-refractivity contribution is 9.11. The number of anilines is 1. The van der Waals surface area contributed by atoms with Gasteiger partial charge in [0.25, 0.3) is 0 Å². The van der Waals surface area contributed by atoms with Crippen molar-refractivity contribution >= 4 is 43.5 Å². The molecule has 0 aliphatic heterocycles. The first kappa shape index (κ1) is 13.5. The second kappa shape index (κ2) is 5.68. The molecule has 0 saturated heterocycles. The number of ether oxygens (including phenoxy) is 1. The largest absolute Gasteiger partial charge is 0.465 e. The lowest BCUT2D eigenvalue weighted by molar-refractivity contribution is 0.0601. The van der Waals surface area contributed by atoms with Crippen LogP contribution in [-0.4, -0.2) is 19.1 Å². The molecular formula is C11H13Br2NO2.